The van der Waals surface area contributed by atoms with Gasteiger partial charge in [0.25, 0.3) is 0 Å². The number of hydrogen-bond acceptors (Lipinski definition) is 3. The summed E-state index contributed by atoms with van der Waals surface area (Å²) in [6.07, 6.45) is 6.36. The monoisotopic (exact) mass is 256 g/mol. The van der Waals surface area contributed by atoms with Crippen molar-refractivity contribution in [3.63, 3.8) is 0 Å². The molecule has 0 saturated carbocycles. The van der Waals surface area contributed by atoms with E-state index in [-0.39, 0.29) is 12.2 Å². The number of ether oxygens (including phenoxy) is 3. The van der Waals surface area contributed by atoms with E-state index in [1.165, 1.54) is 6.26 Å². The topological polar surface area (TPSA) is 27.7 Å². The lowest BCUT2D eigenvalue weighted by molar-refractivity contribution is -0.136. The molecule has 1 heterocycles. The van der Waals surface area contributed by atoms with Crippen molar-refractivity contribution in [3.8, 4) is 0 Å². The maximum absolute atomic E-state index is 5.94. The van der Waals surface area contributed by atoms with Crippen LogP contribution in [0.25, 0.3) is 0 Å². The molecule has 4 unspecified atom stereocenters. The fraction of sp³-hybridized carbons (Fsp3) is 0.867. The summed E-state index contributed by atoms with van der Waals surface area (Å²) >= 11 is 0. The Morgan fingerprint density at radius 1 is 1.44 bits per heavy atom. The standard InChI is InChI=1S/C15H28O3/c1-5-8-13(6-2)17-11-15-14(16-7-3)9-12(4)10-18-15/h7,12-15H,3,5-6,8-11H2,1-2,4H3. The summed E-state index contributed by atoms with van der Waals surface area (Å²) in [6, 6.07) is 0. The van der Waals surface area contributed by atoms with Crippen LogP contribution in [0.5, 0.6) is 0 Å². The van der Waals surface area contributed by atoms with Crippen LogP contribution in [0.2, 0.25) is 0 Å². The molecule has 0 radical (unpaired) electrons. The largest absolute Gasteiger partial charge is 0.496 e. The van der Waals surface area contributed by atoms with Crippen molar-refractivity contribution >= 4 is 0 Å². The molecule has 1 rings (SSSR count). The summed E-state index contributed by atoms with van der Waals surface area (Å²) in [4.78, 5) is 0. The maximum Gasteiger partial charge on any atom is 0.126 e. The maximum atomic E-state index is 5.94. The molecule has 3 nitrogen and oxygen atoms in total. The lowest BCUT2D eigenvalue weighted by atomic mass is 9.97. The van der Waals surface area contributed by atoms with Gasteiger partial charge in [-0.15, -0.1) is 0 Å². The van der Waals surface area contributed by atoms with Gasteiger partial charge in [0.05, 0.1) is 19.0 Å². The van der Waals surface area contributed by atoms with Gasteiger partial charge in [-0.3, -0.25) is 0 Å². The minimum Gasteiger partial charge on any atom is -0.496 e. The highest BCUT2D eigenvalue weighted by molar-refractivity contribution is 4.80. The molecule has 106 valence electrons. The Morgan fingerprint density at radius 3 is 2.83 bits per heavy atom. The normalized spacial score (nSPS) is 29.8. The first-order valence-electron chi connectivity index (χ1n) is 7.20. The van der Waals surface area contributed by atoms with Crippen LogP contribution in [0.4, 0.5) is 0 Å². The average Bonchev–Trinajstić information content (AvgIpc) is 2.36. The second-order valence-corrected chi connectivity index (χ2v) is 5.21. The van der Waals surface area contributed by atoms with Gasteiger partial charge < -0.3 is 14.2 Å². The molecule has 4 atom stereocenters. The predicted molar refractivity (Wildman–Crippen MR) is 73.5 cm³/mol. The Balaban J connectivity index is 2.39. The third-order valence-electron chi connectivity index (χ3n) is 3.48. The Kier molecular flexibility index (Phi) is 7.36. The number of rotatable bonds is 8. The van der Waals surface area contributed by atoms with Gasteiger partial charge in [-0.25, -0.2) is 0 Å². The first-order chi connectivity index (χ1) is 8.71. The first kappa shape index (κ1) is 15.5. The SMILES string of the molecule is C=COC1CC(C)COC1COC(CC)CCC. The van der Waals surface area contributed by atoms with Crippen LogP contribution in [0.15, 0.2) is 12.8 Å². The summed E-state index contributed by atoms with van der Waals surface area (Å²) in [5.41, 5.74) is 0. The van der Waals surface area contributed by atoms with Crippen LogP contribution in [0.3, 0.4) is 0 Å². The van der Waals surface area contributed by atoms with Gasteiger partial charge in [-0.1, -0.05) is 33.8 Å². The highest BCUT2D eigenvalue weighted by atomic mass is 16.6. The van der Waals surface area contributed by atoms with E-state index < -0.39 is 0 Å². The van der Waals surface area contributed by atoms with Gasteiger partial charge >= 0.3 is 0 Å². The van der Waals surface area contributed by atoms with Crippen molar-refractivity contribution in [2.45, 2.75) is 64.8 Å². The Labute approximate surface area is 111 Å². The van der Waals surface area contributed by atoms with Gasteiger partial charge in [0.15, 0.2) is 0 Å². The lowest BCUT2D eigenvalue weighted by Crippen LogP contribution is -2.42. The van der Waals surface area contributed by atoms with E-state index in [9.17, 15) is 0 Å². The van der Waals surface area contributed by atoms with E-state index in [2.05, 4.69) is 27.4 Å². The minimum absolute atomic E-state index is 0.0464. The number of hydrogen-bond donors (Lipinski definition) is 0. The van der Waals surface area contributed by atoms with E-state index in [0.29, 0.717) is 18.6 Å². The molecule has 0 aromatic carbocycles. The van der Waals surface area contributed by atoms with Crippen LogP contribution in [0, 0.1) is 5.92 Å². The predicted octanol–water partition coefficient (Wildman–Crippen LogP) is 3.54. The molecule has 1 saturated heterocycles. The zero-order chi connectivity index (χ0) is 13.4. The van der Waals surface area contributed by atoms with E-state index >= 15 is 0 Å². The van der Waals surface area contributed by atoms with Crippen molar-refractivity contribution < 1.29 is 14.2 Å². The Bertz CT molecular complexity index is 230. The van der Waals surface area contributed by atoms with Crippen LogP contribution < -0.4 is 0 Å². The Morgan fingerprint density at radius 2 is 2.22 bits per heavy atom. The molecule has 18 heavy (non-hydrogen) atoms. The van der Waals surface area contributed by atoms with Crippen molar-refractivity contribution in [2.24, 2.45) is 5.92 Å². The van der Waals surface area contributed by atoms with Gasteiger partial charge in [-0.2, -0.15) is 0 Å². The van der Waals surface area contributed by atoms with Crippen LogP contribution in [0.1, 0.15) is 46.5 Å². The van der Waals surface area contributed by atoms with Crippen molar-refractivity contribution in [3.05, 3.63) is 12.8 Å². The van der Waals surface area contributed by atoms with Crippen LogP contribution in [-0.4, -0.2) is 31.5 Å². The zero-order valence-electron chi connectivity index (χ0n) is 12.1. The molecule has 0 aromatic heterocycles. The van der Waals surface area contributed by atoms with Crippen molar-refractivity contribution in [1.29, 1.82) is 0 Å². The smallest absolute Gasteiger partial charge is 0.126 e. The average molecular weight is 256 g/mol. The minimum atomic E-state index is 0.0464. The quantitative estimate of drug-likeness (QED) is 0.622. The molecule has 0 amide bonds. The second kappa shape index (κ2) is 8.54. The van der Waals surface area contributed by atoms with Gasteiger partial charge in [0.1, 0.15) is 12.2 Å². The van der Waals surface area contributed by atoms with E-state index in [1.807, 2.05) is 0 Å². The highest BCUT2D eigenvalue weighted by Crippen LogP contribution is 2.23. The summed E-state index contributed by atoms with van der Waals surface area (Å²) in [5.74, 6) is 0.545. The fourth-order valence-electron chi connectivity index (χ4n) is 2.39. The third kappa shape index (κ3) is 4.99. The zero-order valence-corrected chi connectivity index (χ0v) is 12.1. The summed E-state index contributed by atoms with van der Waals surface area (Å²) < 4.78 is 17.3. The van der Waals surface area contributed by atoms with Crippen LogP contribution >= 0.6 is 0 Å². The highest BCUT2D eigenvalue weighted by Gasteiger charge is 2.31. The summed E-state index contributed by atoms with van der Waals surface area (Å²) in [6.45, 7) is 11.6. The van der Waals surface area contributed by atoms with E-state index in [4.69, 9.17) is 14.2 Å². The summed E-state index contributed by atoms with van der Waals surface area (Å²) in [5, 5.41) is 0. The molecule has 0 aliphatic carbocycles. The van der Waals surface area contributed by atoms with E-state index in [1.54, 1.807) is 0 Å². The summed E-state index contributed by atoms with van der Waals surface area (Å²) in [7, 11) is 0. The van der Waals surface area contributed by atoms with Gasteiger partial charge in [-0.05, 0) is 25.2 Å². The molecular weight excluding hydrogens is 228 g/mol. The molecule has 3 heteroatoms. The molecule has 1 aliphatic heterocycles. The van der Waals surface area contributed by atoms with E-state index in [0.717, 1.165) is 32.3 Å². The van der Waals surface area contributed by atoms with Gasteiger partial charge in [0.2, 0.25) is 0 Å². The third-order valence-corrected chi connectivity index (χ3v) is 3.48. The molecule has 0 bridgehead atoms. The van der Waals surface area contributed by atoms with Gasteiger partial charge in [0, 0.05) is 6.61 Å². The molecule has 1 aliphatic rings. The molecule has 0 N–H and O–H groups in total. The van der Waals surface area contributed by atoms with Crippen molar-refractivity contribution in [2.75, 3.05) is 13.2 Å². The molecule has 0 spiro atoms. The lowest BCUT2D eigenvalue weighted by Gasteiger charge is -2.34. The molecule has 0 aromatic rings. The second-order valence-electron chi connectivity index (χ2n) is 5.21. The van der Waals surface area contributed by atoms with Crippen molar-refractivity contribution in [1.82, 2.24) is 0 Å². The Hall–Kier alpha value is -0.540. The molecular formula is C15H28O3. The van der Waals surface area contributed by atoms with Crippen LogP contribution in [-0.2, 0) is 14.2 Å². The molecule has 1 fully saturated rings. The fourth-order valence-corrected chi connectivity index (χ4v) is 2.39. The first-order valence-corrected chi connectivity index (χ1v) is 7.20.